The quantitative estimate of drug-likeness (QED) is 0.693. The lowest BCUT2D eigenvalue weighted by Gasteiger charge is -2.14. The molecule has 0 saturated heterocycles. The third-order valence-corrected chi connectivity index (χ3v) is 5.74. The van der Waals surface area contributed by atoms with Crippen LogP contribution in [-0.4, -0.2) is 25.3 Å². The van der Waals surface area contributed by atoms with Gasteiger partial charge in [-0.2, -0.15) is 0 Å². The van der Waals surface area contributed by atoms with Crippen LogP contribution in [0.25, 0.3) is 0 Å². The Morgan fingerprint density at radius 1 is 1.22 bits per heavy atom. The van der Waals surface area contributed by atoms with Crippen molar-refractivity contribution in [3.05, 3.63) is 34.9 Å². The van der Waals surface area contributed by atoms with Crippen molar-refractivity contribution in [1.29, 1.82) is 0 Å². The molecule has 1 atom stereocenters. The maximum atomic E-state index is 11.7. The van der Waals surface area contributed by atoms with Crippen molar-refractivity contribution >= 4 is 37.4 Å². The van der Waals surface area contributed by atoms with Gasteiger partial charge < -0.3 is 0 Å². The van der Waals surface area contributed by atoms with Crippen LogP contribution in [0.4, 0.5) is 0 Å². The standard InChI is InChI=1S/C13H18BrClO2S/c1-2-8-18(16,17)9-7-12(10-14)11-3-5-13(15)6-4-11/h3-6,12H,2,7-10H2,1H3. The molecule has 0 fully saturated rings. The summed E-state index contributed by atoms with van der Waals surface area (Å²) >= 11 is 9.29. The summed E-state index contributed by atoms with van der Waals surface area (Å²) in [5, 5.41) is 1.46. The van der Waals surface area contributed by atoms with E-state index in [9.17, 15) is 8.42 Å². The number of hydrogen-bond acceptors (Lipinski definition) is 2. The zero-order chi connectivity index (χ0) is 13.6. The molecule has 102 valence electrons. The van der Waals surface area contributed by atoms with Gasteiger partial charge in [-0.05, 0) is 36.5 Å². The van der Waals surface area contributed by atoms with Crippen molar-refractivity contribution in [2.45, 2.75) is 25.7 Å². The van der Waals surface area contributed by atoms with E-state index in [1.807, 2.05) is 31.2 Å². The largest absolute Gasteiger partial charge is 0.229 e. The second-order valence-electron chi connectivity index (χ2n) is 4.34. The lowest BCUT2D eigenvalue weighted by atomic mass is 9.99. The van der Waals surface area contributed by atoms with Gasteiger partial charge in [0.2, 0.25) is 0 Å². The average Bonchev–Trinajstić information content (AvgIpc) is 2.32. The first-order valence-corrected chi connectivity index (χ1v) is 9.32. The van der Waals surface area contributed by atoms with Crippen LogP contribution in [0.3, 0.4) is 0 Å². The zero-order valence-corrected chi connectivity index (χ0v) is 13.6. The predicted octanol–water partition coefficient (Wildman–Crippen LogP) is 4.03. The molecule has 0 aliphatic carbocycles. The Bertz CT molecular complexity index is 456. The molecule has 0 heterocycles. The zero-order valence-electron chi connectivity index (χ0n) is 10.4. The fraction of sp³-hybridized carbons (Fsp3) is 0.538. The summed E-state index contributed by atoms with van der Waals surface area (Å²) in [6.45, 7) is 1.89. The number of halogens is 2. The monoisotopic (exact) mass is 352 g/mol. The van der Waals surface area contributed by atoms with Gasteiger partial charge in [0.1, 0.15) is 9.84 Å². The number of hydrogen-bond donors (Lipinski definition) is 0. The van der Waals surface area contributed by atoms with Crippen LogP contribution >= 0.6 is 27.5 Å². The van der Waals surface area contributed by atoms with Crippen molar-refractivity contribution in [3.8, 4) is 0 Å². The summed E-state index contributed by atoms with van der Waals surface area (Å²) in [7, 11) is -2.90. The second-order valence-corrected chi connectivity index (χ2v) is 7.73. The molecule has 0 aliphatic rings. The normalized spacial score (nSPS) is 13.5. The molecule has 2 nitrogen and oxygen atoms in total. The van der Waals surface area contributed by atoms with E-state index in [1.165, 1.54) is 0 Å². The molecular weight excluding hydrogens is 336 g/mol. The van der Waals surface area contributed by atoms with Gasteiger partial charge in [-0.15, -0.1) is 0 Å². The Kier molecular flexibility index (Phi) is 6.67. The van der Waals surface area contributed by atoms with Crippen LogP contribution in [-0.2, 0) is 9.84 Å². The first-order chi connectivity index (χ1) is 8.48. The number of benzene rings is 1. The molecule has 1 rings (SSSR count). The molecule has 0 saturated carbocycles. The summed E-state index contributed by atoms with van der Waals surface area (Å²) in [6.07, 6.45) is 1.33. The fourth-order valence-corrected chi connectivity index (χ4v) is 4.10. The van der Waals surface area contributed by atoms with E-state index in [-0.39, 0.29) is 17.4 Å². The highest BCUT2D eigenvalue weighted by atomic mass is 79.9. The highest BCUT2D eigenvalue weighted by molar-refractivity contribution is 9.09. The fourth-order valence-electron chi connectivity index (χ4n) is 1.80. The Hall–Kier alpha value is -0.0600. The molecular formula is C13H18BrClO2S. The van der Waals surface area contributed by atoms with Crippen LogP contribution in [0.5, 0.6) is 0 Å². The average molecular weight is 354 g/mol. The smallest absolute Gasteiger partial charge is 0.150 e. The minimum Gasteiger partial charge on any atom is -0.229 e. The van der Waals surface area contributed by atoms with Gasteiger partial charge >= 0.3 is 0 Å². The second kappa shape index (κ2) is 7.51. The highest BCUT2D eigenvalue weighted by Gasteiger charge is 2.15. The van der Waals surface area contributed by atoms with Crippen LogP contribution in [0, 0.1) is 0 Å². The molecule has 5 heteroatoms. The minimum atomic E-state index is -2.90. The predicted molar refractivity (Wildman–Crippen MR) is 81.5 cm³/mol. The van der Waals surface area contributed by atoms with E-state index >= 15 is 0 Å². The van der Waals surface area contributed by atoms with Gasteiger partial charge in [-0.25, -0.2) is 8.42 Å². The highest BCUT2D eigenvalue weighted by Crippen LogP contribution is 2.24. The summed E-state index contributed by atoms with van der Waals surface area (Å²) < 4.78 is 23.4. The molecule has 1 unspecified atom stereocenters. The summed E-state index contributed by atoms with van der Waals surface area (Å²) in [4.78, 5) is 0. The van der Waals surface area contributed by atoms with Crippen molar-refractivity contribution in [3.63, 3.8) is 0 Å². The van der Waals surface area contributed by atoms with Gasteiger partial charge in [0.25, 0.3) is 0 Å². The van der Waals surface area contributed by atoms with Crippen molar-refractivity contribution < 1.29 is 8.42 Å². The first kappa shape index (κ1) is 16.0. The topological polar surface area (TPSA) is 34.1 Å². The lowest BCUT2D eigenvalue weighted by Crippen LogP contribution is -2.14. The maximum absolute atomic E-state index is 11.7. The third-order valence-electron chi connectivity index (χ3n) is 2.82. The number of sulfone groups is 1. The maximum Gasteiger partial charge on any atom is 0.150 e. The minimum absolute atomic E-state index is 0.217. The Labute approximate surface area is 123 Å². The van der Waals surface area contributed by atoms with E-state index < -0.39 is 9.84 Å². The molecule has 1 aromatic carbocycles. The van der Waals surface area contributed by atoms with Gasteiger partial charge in [-0.3, -0.25) is 0 Å². The molecule has 0 bridgehead atoms. The first-order valence-electron chi connectivity index (χ1n) is 6.00. The van der Waals surface area contributed by atoms with E-state index in [0.29, 0.717) is 17.9 Å². The molecule has 18 heavy (non-hydrogen) atoms. The van der Waals surface area contributed by atoms with Gasteiger partial charge in [0.15, 0.2) is 0 Å². The van der Waals surface area contributed by atoms with Crippen LogP contribution in [0.2, 0.25) is 5.02 Å². The Morgan fingerprint density at radius 2 is 1.83 bits per heavy atom. The van der Waals surface area contributed by atoms with Crippen molar-refractivity contribution in [2.24, 2.45) is 0 Å². The van der Waals surface area contributed by atoms with Gasteiger partial charge in [-0.1, -0.05) is 46.6 Å². The van der Waals surface area contributed by atoms with E-state index in [4.69, 9.17) is 11.6 Å². The SMILES string of the molecule is CCCS(=O)(=O)CCC(CBr)c1ccc(Cl)cc1. The summed E-state index contributed by atoms with van der Waals surface area (Å²) in [5.74, 6) is 0.747. The third kappa shape index (κ3) is 5.29. The molecule has 0 aromatic heterocycles. The molecule has 0 N–H and O–H groups in total. The molecule has 0 aliphatic heterocycles. The van der Waals surface area contributed by atoms with Gasteiger partial charge in [0.05, 0.1) is 5.75 Å². The van der Waals surface area contributed by atoms with Gasteiger partial charge in [0, 0.05) is 16.1 Å². The van der Waals surface area contributed by atoms with Crippen LogP contribution in [0.1, 0.15) is 31.2 Å². The van der Waals surface area contributed by atoms with E-state index in [2.05, 4.69) is 15.9 Å². The van der Waals surface area contributed by atoms with E-state index in [0.717, 1.165) is 10.9 Å². The number of rotatable bonds is 7. The van der Waals surface area contributed by atoms with E-state index in [1.54, 1.807) is 0 Å². The van der Waals surface area contributed by atoms with Crippen LogP contribution in [0.15, 0.2) is 24.3 Å². The Morgan fingerprint density at radius 3 is 2.33 bits per heavy atom. The summed E-state index contributed by atoms with van der Waals surface area (Å²) in [6, 6.07) is 7.60. The molecule has 1 aromatic rings. The Balaban J connectivity index is 2.65. The van der Waals surface area contributed by atoms with Crippen molar-refractivity contribution in [2.75, 3.05) is 16.8 Å². The van der Waals surface area contributed by atoms with Crippen LogP contribution < -0.4 is 0 Å². The van der Waals surface area contributed by atoms with Crippen molar-refractivity contribution in [1.82, 2.24) is 0 Å². The molecule has 0 radical (unpaired) electrons. The lowest BCUT2D eigenvalue weighted by molar-refractivity contribution is 0.588. The summed E-state index contributed by atoms with van der Waals surface area (Å²) in [5.41, 5.74) is 1.13. The number of alkyl halides is 1. The molecule has 0 spiro atoms. The molecule has 0 amide bonds.